The van der Waals surface area contributed by atoms with E-state index in [1.54, 1.807) is 30.1 Å². The van der Waals surface area contributed by atoms with E-state index in [-0.39, 0.29) is 55.5 Å². The molecular formula is C39H50ClF2N7O6S. The first-order valence-electron chi connectivity index (χ1n) is 19.2. The van der Waals surface area contributed by atoms with E-state index in [1.807, 2.05) is 40.0 Å². The fourth-order valence-corrected chi connectivity index (χ4v) is 9.25. The summed E-state index contributed by atoms with van der Waals surface area (Å²) in [7, 11) is 1.64. The molecule has 1 aromatic carbocycles. The van der Waals surface area contributed by atoms with E-state index in [0.717, 1.165) is 12.8 Å². The second-order valence-electron chi connectivity index (χ2n) is 17.1. The molecular weight excluding hydrogens is 768 g/mol. The number of rotatable bonds is 12. The smallest absolute Gasteiger partial charge is 0.408 e. The molecule has 7 rings (SSSR count). The summed E-state index contributed by atoms with van der Waals surface area (Å²) in [6.07, 6.45) is 1.12. The van der Waals surface area contributed by atoms with Gasteiger partial charge in [0.2, 0.25) is 11.8 Å². The number of halogens is 3. The first kappa shape index (κ1) is 40.2. The zero-order chi connectivity index (χ0) is 40.3. The highest BCUT2D eigenvalue weighted by molar-refractivity contribution is 7.14. The number of nitrogens with one attached hydrogen (secondary N) is 2. The molecule has 2 aliphatic carbocycles. The van der Waals surface area contributed by atoms with E-state index in [1.165, 1.54) is 22.7 Å². The number of nitrogens with two attached hydrogens (primary N) is 1. The zero-order valence-corrected chi connectivity index (χ0v) is 34.0. The Kier molecular flexibility index (Phi) is 11.0. The lowest BCUT2D eigenvalue weighted by Crippen LogP contribution is -2.57. The van der Waals surface area contributed by atoms with Gasteiger partial charge in [0.15, 0.2) is 5.13 Å². The molecule has 2 aromatic heterocycles. The number of anilines is 1. The molecule has 2 saturated carbocycles. The predicted octanol–water partition coefficient (Wildman–Crippen LogP) is 6.32. The first-order chi connectivity index (χ1) is 26.3. The molecule has 7 atom stereocenters. The minimum atomic E-state index is -2.80. The summed E-state index contributed by atoms with van der Waals surface area (Å²) in [5.41, 5.74) is 6.49. The number of thiazole rings is 1. The van der Waals surface area contributed by atoms with Crippen LogP contribution < -0.4 is 25.8 Å². The lowest BCUT2D eigenvalue weighted by atomic mass is 9.85. The Morgan fingerprint density at radius 3 is 2.45 bits per heavy atom. The summed E-state index contributed by atoms with van der Waals surface area (Å²) in [5, 5.41) is 9.32. The van der Waals surface area contributed by atoms with Crippen LogP contribution in [0.3, 0.4) is 0 Å². The van der Waals surface area contributed by atoms with Gasteiger partial charge in [-0.1, -0.05) is 32.4 Å². The lowest BCUT2D eigenvalue weighted by molar-refractivity contribution is -0.141. The van der Waals surface area contributed by atoms with Crippen molar-refractivity contribution in [1.82, 2.24) is 25.1 Å². The van der Waals surface area contributed by atoms with Gasteiger partial charge in [-0.25, -0.2) is 23.5 Å². The summed E-state index contributed by atoms with van der Waals surface area (Å²) < 4.78 is 46.5. The third-order valence-corrected chi connectivity index (χ3v) is 12.3. The van der Waals surface area contributed by atoms with E-state index in [0.29, 0.717) is 45.0 Å². The Balaban J connectivity index is 1.15. The molecule has 3 aromatic rings. The van der Waals surface area contributed by atoms with E-state index < -0.39 is 53.5 Å². The number of fused-ring (bicyclic) bond motifs is 2. The number of likely N-dealkylation sites (tertiary alicyclic amines) is 2. The number of pyridine rings is 1. The Morgan fingerprint density at radius 1 is 1.07 bits per heavy atom. The Bertz CT molecular complexity index is 1980. The van der Waals surface area contributed by atoms with E-state index >= 15 is 0 Å². The van der Waals surface area contributed by atoms with Crippen molar-refractivity contribution < 1.29 is 37.4 Å². The van der Waals surface area contributed by atoms with E-state index in [9.17, 15) is 23.2 Å². The number of amides is 3. The Morgan fingerprint density at radius 2 is 1.80 bits per heavy atom. The molecule has 2 aliphatic heterocycles. The third-order valence-electron chi connectivity index (χ3n) is 11.1. The molecule has 3 amide bonds. The molecule has 304 valence electrons. The minimum absolute atomic E-state index is 0.000770. The lowest BCUT2D eigenvalue weighted by Gasteiger charge is -2.35. The number of alkyl carbamates (subject to hydrolysis) is 1. The van der Waals surface area contributed by atoms with E-state index in [4.69, 9.17) is 41.5 Å². The van der Waals surface area contributed by atoms with Crippen LogP contribution in [0.4, 0.5) is 18.7 Å². The highest BCUT2D eigenvalue weighted by Gasteiger charge is 2.49. The highest BCUT2D eigenvalue weighted by atomic mass is 35.5. The number of nitrogens with zero attached hydrogens (tertiary/aromatic N) is 4. The molecule has 56 heavy (non-hydrogen) atoms. The molecule has 4 aliphatic rings. The second-order valence-corrected chi connectivity index (χ2v) is 18.4. The molecule has 17 heteroatoms. The maximum atomic E-state index is 14.3. The average Bonchev–Trinajstić information content (AvgIpc) is 3.50. The van der Waals surface area contributed by atoms with Crippen molar-refractivity contribution >= 4 is 56.9 Å². The number of aromatic nitrogens is 2. The van der Waals surface area contributed by atoms with Crippen LogP contribution in [-0.2, 0) is 14.3 Å². The van der Waals surface area contributed by atoms with Crippen molar-refractivity contribution in [2.24, 2.45) is 23.0 Å². The SMILES string of the molecule is CC(C)Nc1nc(-c2cc(OC3C[C@@H](C(N)=O)N(C(=O)[C@@H](NC(=O)OC4CC5C[C@H]5C4)C(C)(C)C)C3)c3ccc(OC[C@@H]4CC(F)(F)CN4C)c(Cl)c3n2)cs1. The topological polar surface area (TPSA) is 161 Å². The van der Waals surface area contributed by atoms with Crippen LogP contribution >= 0.6 is 22.9 Å². The second kappa shape index (κ2) is 15.4. The first-order valence-corrected chi connectivity index (χ1v) is 20.4. The van der Waals surface area contributed by atoms with Gasteiger partial charge < -0.3 is 35.5 Å². The van der Waals surface area contributed by atoms with Crippen molar-refractivity contribution in [3.8, 4) is 22.9 Å². The molecule has 4 N–H and O–H groups in total. The van der Waals surface area contributed by atoms with Crippen molar-refractivity contribution in [3.05, 3.63) is 28.6 Å². The number of ether oxygens (including phenoxy) is 3. The van der Waals surface area contributed by atoms with Gasteiger partial charge in [-0.3, -0.25) is 14.5 Å². The maximum Gasteiger partial charge on any atom is 0.408 e. The van der Waals surface area contributed by atoms with Crippen molar-refractivity contribution in [2.75, 3.05) is 32.1 Å². The number of primary amides is 1. The van der Waals surface area contributed by atoms with Crippen LogP contribution in [0, 0.1) is 17.3 Å². The highest BCUT2D eigenvalue weighted by Crippen LogP contribution is 2.52. The van der Waals surface area contributed by atoms with Gasteiger partial charge >= 0.3 is 6.09 Å². The maximum absolute atomic E-state index is 14.3. The normalized spacial score (nSPS) is 26.3. The average molecular weight is 818 g/mol. The zero-order valence-electron chi connectivity index (χ0n) is 32.4. The molecule has 4 fully saturated rings. The molecule has 2 saturated heterocycles. The summed E-state index contributed by atoms with van der Waals surface area (Å²) in [6, 6.07) is 2.74. The van der Waals surface area contributed by atoms with Crippen molar-refractivity contribution in [2.45, 2.75) is 109 Å². The number of alkyl halides is 2. The van der Waals surface area contributed by atoms with Crippen LogP contribution in [0.25, 0.3) is 22.3 Å². The largest absolute Gasteiger partial charge is 0.490 e. The summed E-state index contributed by atoms with van der Waals surface area (Å²) >= 11 is 8.37. The van der Waals surface area contributed by atoms with Crippen LogP contribution in [0.1, 0.15) is 66.7 Å². The van der Waals surface area contributed by atoms with Gasteiger partial charge in [0.1, 0.15) is 53.1 Å². The van der Waals surface area contributed by atoms with Crippen LogP contribution in [0.15, 0.2) is 23.6 Å². The van der Waals surface area contributed by atoms with Gasteiger partial charge in [0, 0.05) is 41.8 Å². The number of benzene rings is 1. The number of carbonyl (C=O) groups excluding carboxylic acids is 3. The summed E-state index contributed by atoms with van der Waals surface area (Å²) in [6.45, 7) is 9.17. The van der Waals surface area contributed by atoms with Gasteiger partial charge in [-0.15, -0.1) is 11.3 Å². The Hall–Kier alpha value is -4.02. The number of likely N-dealkylation sites (N-methyl/N-ethyl adjacent to an activating group) is 1. The van der Waals surface area contributed by atoms with Gasteiger partial charge in [0.25, 0.3) is 5.92 Å². The van der Waals surface area contributed by atoms with Crippen molar-refractivity contribution in [1.29, 1.82) is 0 Å². The summed E-state index contributed by atoms with van der Waals surface area (Å²) in [5.74, 6) is -2.09. The molecule has 13 nitrogen and oxygen atoms in total. The van der Waals surface area contributed by atoms with E-state index in [2.05, 4.69) is 10.6 Å². The molecule has 0 spiro atoms. The number of hydrogen-bond acceptors (Lipinski definition) is 11. The molecule has 4 heterocycles. The van der Waals surface area contributed by atoms with Gasteiger partial charge in [0.05, 0.1) is 24.3 Å². The van der Waals surface area contributed by atoms with Crippen LogP contribution in [0.5, 0.6) is 11.5 Å². The third kappa shape index (κ3) is 8.76. The predicted molar refractivity (Wildman–Crippen MR) is 209 cm³/mol. The van der Waals surface area contributed by atoms with Crippen LogP contribution in [0.2, 0.25) is 5.02 Å². The van der Waals surface area contributed by atoms with Crippen molar-refractivity contribution in [3.63, 3.8) is 0 Å². The van der Waals surface area contributed by atoms with Crippen LogP contribution in [-0.4, -0.2) is 107 Å². The molecule has 0 radical (unpaired) electrons. The number of hydrogen-bond donors (Lipinski definition) is 3. The fourth-order valence-electron chi connectivity index (χ4n) is 8.13. The molecule has 3 unspecified atom stereocenters. The van der Waals surface area contributed by atoms with Gasteiger partial charge in [-0.2, -0.15) is 0 Å². The standard InChI is InChI=1S/C39H50ClF2N7O6S/c1-19(2)44-36-46-27(17-56-36)26-13-30(25-7-8-29(31(40)32(25)45-26)53-16-22-14-39(41,42)18-48(22)6)54-24-12-28(34(43)50)49(15-24)35(51)33(38(3,4)5)47-37(52)55-23-10-20-9-21(20)11-23/h7-8,13,17,19-24,28,33H,9-12,14-16,18H2,1-6H3,(H2,43,50)(H,44,46)(H,47,52)/t20-,21?,22-,23?,24?,28-,33+/m0/s1. The summed E-state index contributed by atoms with van der Waals surface area (Å²) in [4.78, 5) is 52.7. The van der Waals surface area contributed by atoms with Gasteiger partial charge in [-0.05, 0) is 69.5 Å². The quantitative estimate of drug-likeness (QED) is 0.189. The Labute approximate surface area is 333 Å². The number of carbonyl (C=O) groups is 3. The fraction of sp³-hybridized carbons (Fsp3) is 0.615. The minimum Gasteiger partial charge on any atom is -0.490 e. The molecule has 0 bridgehead atoms. The monoisotopic (exact) mass is 817 g/mol.